The Labute approximate surface area is 203 Å². The number of carbonyl (C=O) groups is 2. The summed E-state index contributed by atoms with van der Waals surface area (Å²) < 4.78 is 17.3. The van der Waals surface area contributed by atoms with Crippen molar-refractivity contribution >= 4 is 22.8 Å². The van der Waals surface area contributed by atoms with Crippen LogP contribution in [0.25, 0.3) is 10.9 Å². The summed E-state index contributed by atoms with van der Waals surface area (Å²) in [4.78, 5) is 29.7. The third-order valence-electron chi connectivity index (χ3n) is 6.26. The first-order valence-corrected chi connectivity index (χ1v) is 11.6. The van der Waals surface area contributed by atoms with E-state index in [4.69, 9.17) is 14.2 Å². The van der Waals surface area contributed by atoms with Crippen LogP contribution in [0.5, 0.6) is 5.75 Å². The van der Waals surface area contributed by atoms with Crippen LogP contribution in [0, 0.1) is 12.8 Å². The van der Waals surface area contributed by atoms with Crippen LogP contribution in [0.1, 0.15) is 42.0 Å². The maximum atomic E-state index is 13.2. The van der Waals surface area contributed by atoms with Crippen molar-refractivity contribution in [3.05, 3.63) is 101 Å². The molecule has 4 aromatic rings. The molecule has 6 heteroatoms. The molecule has 1 N–H and O–H groups in total. The molecule has 1 aromatic heterocycles. The van der Waals surface area contributed by atoms with Crippen LogP contribution < -0.4 is 4.74 Å². The Kier molecular flexibility index (Phi) is 5.81. The average Bonchev–Trinajstić information content (AvgIpc) is 3.24. The van der Waals surface area contributed by atoms with Crippen LogP contribution in [0.4, 0.5) is 0 Å². The third-order valence-corrected chi connectivity index (χ3v) is 6.26. The van der Waals surface area contributed by atoms with Crippen LogP contribution >= 0.6 is 0 Å². The summed E-state index contributed by atoms with van der Waals surface area (Å²) in [7, 11) is 0. The van der Waals surface area contributed by atoms with Crippen molar-refractivity contribution in [3.63, 3.8) is 0 Å². The van der Waals surface area contributed by atoms with E-state index < -0.39 is 29.6 Å². The minimum atomic E-state index is -1.31. The van der Waals surface area contributed by atoms with Gasteiger partial charge >= 0.3 is 11.9 Å². The van der Waals surface area contributed by atoms with Crippen molar-refractivity contribution in [1.29, 1.82) is 0 Å². The van der Waals surface area contributed by atoms with Crippen LogP contribution in [0.3, 0.4) is 0 Å². The quantitative estimate of drug-likeness (QED) is 0.292. The fourth-order valence-electron chi connectivity index (χ4n) is 4.59. The lowest BCUT2D eigenvalue weighted by Gasteiger charge is -2.36. The molecular weight excluding hydrogens is 442 g/mol. The highest BCUT2D eigenvalue weighted by molar-refractivity contribution is 5.99. The summed E-state index contributed by atoms with van der Waals surface area (Å²) in [6.45, 7) is 5.50. The van der Waals surface area contributed by atoms with Gasteiger partial charge in [-0.15, -0.1) is 0 Å². The second-order valence-electron chi connectivity index (χ2n) is 9.30. The molecule has 1 aliphatic heterocycles. The second-order valence-corrected chi connectivity index (χ2v) is 9.30. The molecule has 0 aliphatic carbocycles. The summed E-state index contributed by atoms with van der Waals surface area (Å²) in [5.74, 6) is -3.79. The normalized spacial score (nSPS) is 16.5. The van der Waals surface area contributed by atoms with E-state index in [0.29, 0.717) is 17.9 Å². The predicted octanol–water partition coefficient (Wildman–Crippen LogP) is 5.64. The van der Waals surface area contributed by atoms with Crippen molar-refractivity contribution in [2.75, 3.05) is 0 Å². The average molecular weight is 470 g/mol. The van der Waals surface area contributed by atoms with Gasteiger partial charge in [0.15, 0.2) is 5.92 Å². The van der Waals surface area contributed by atoms with Gasteiger partial charge in [-0.1, -0.05) is 66.2 Å². The molecule has 178 valence electrons. The highest BCUT2D eigenvalue weighted by atomic mass is 16.7. The summed E-state index contributed by atoms with van der Waals surface area (Å²) >= 11 is 0. The van der Waals surface area contributed by atoms with E-state index in [-0.39, 0.29) is 0 Å². The third kappa shape index (κ3) is 4.52. The van der Waals surface area contributed by atoms with Crippen molar-refractivity contribution in [2.24, 2.45) is 5.92 Å². The fourth-order valence-corrected chi connectivity index (χ4v) is 4.59. The monoisotopic (exact) mass is 469 g/mol. The number of rotatable bonds is 6. The van der Waals surface area contributed by atoms with E-state index in [9.17, 15) is 9.59 Å². The summed E-state index contributed by atoms with van der Waals surface area (Å²) in [6.07, 6.45) is 1.84. The molecule has 0 saturated carbocycles. The number of fused-ring (bicyclic) bond motifs is 1. The Morgan fingerprint density at radius 2 is 1.54 bits per heavy atom. The maximum Gasteiger partial charge on any atom is 0.324 e. The first-order chi connectivity index (χ1) is 16.8. The minimum absolute atomic E-state index is 0.352. The minimum Gasteiger partial charge on any atom is -0.489 e. The molecule has 0 radical (unpaired) electrons. The Bertz CT molecular complexity index is 1370. The number of nitrogens with one attached hydrogen (secondary N) is 1. The van der Waals surface area contributed by atoms with Gasteiger partial charge in [-0.3, -0.25) is 9.59 Å². The molecule has 6 nitrogen and oxygen atoms in total. The number of esters is 2. The molecule has 0 unspecified atom stereocenters. The molecular formula is C29H27NO5. The molecule has 2 heterocycles. The lowest BCUT2D eigenvalue weighted by molar-refractivity contribution is -0.240. The van der Waals surface area contributed by atoms with Gasteiger partial charge in [0, 0.05) is 42.4 Å². The molecule has 0 spiro atoms. The number of H-pyrrole nitrogens is 1. The van der Waals surface area contributed by atoms with Gasteiger partial charge < -0.3 is 19.2 Å². The van der Waals surface area contributed by atoms with Gasteiger partial charge in [-0.05, 0) is 30.2 Å². The molecule has 3 aromatic carbocycles. The lowest BCUT2D eigenvalue weighted by Crippen LogP contribution is -2.48. The summed E-state index contributed by atoms with van der Waals surface area (Å²) in [5, 5.41) is 0.913. The van der Waals surface area contributed by atoms with Crippen molar-refractivity contribution < 1.29 is 23.8 Å². The van der Waals surface area contributed by atoms with Gasteiger partial charge in [0.2, 0.25) is 0 Å². The Hall–Kier alpha value is -4.06. The van der Waals surface area contributed by atoms with Gasteiger partial charge in [-0.25, -0.2) is 0 Å². The number of carbonyl (C=O) groups excluding carboxylic acids is 2. The Morgan fingerprint density at radius 1 is 0.886 bits per heavy atom. The van der Waals surface area contributed by atoms with Crippen molar-refractivity contribution in [1.82, 2.24) is 4.98 Å². The van der Waals surface area contributed by atoms with Crippen LogP contribution in [0.15, 0.2) is 79.0 Å². The van der Waals surface area contributed by atoms with Crippen LogP contribution in [0.2, 0.25) is 0 Å². The van der Waals surface area contributed by atoms with Crippen LogP contribution in [-0.2, 0) is 25.7 Å². The zero-order chi connectivity index (χ0) is 24.6. The fraction of sp³-hybridized carbons (Fsp3) is 0.241. The van der Waals surface area contributed by atoms with Crippen molar-refractivity contribution in [3.8, 4) is 5.75 Å². The van der Waals surface area contributed by atoms with Gasteiger partial charge in [0.25, 0.3) is 5.79 Å². The topological polar surface area (TPSA) is 77.6 Å². The molecule has 1 saturated heterocycles. The zero-order valence-electron chi connectivity index (χ0n) is 19.9. The van der Waals surface area contributed by atoms with Crippen molar-refractivity contribution in [2.45, 2.75) is 39.1 Å². The van der Waals surface area contributed by atoms with Gasteiger partial charge in [0.1, 0.15) is 12.4 Å². The van der Waals surface area contributed by atoms with Gasteiger partial charge in [0.05, 0.1) is 0 Å². The smallest absolute Gasteiger partial charge is 0.324 e. The molecule has 35 heavy (non-hydrogen) atoms. The zero-order valence-corrected chi connectivity index (χ0v) is 19.9. The SMILES string of the molecule is Cc1ccc(COc2ccccc2[C@@H](c2c[nH]c3ccccc23)C2C(=O)OC(C)(C)OC2=O)cc1. The van der Waals surface area contributed by atoms with Crippen LogP contribution in [-0.4, -0.2) is 22.7 Å². The molecule has 5 rings (SSSR count). The molecule has 1 atom stereocenters. The highest BCUT2D eigenvalue weighted by Crippen LogP contribution is 2.43. The summed E-state index contributed by atoms with van der Waals surface area (Å²) in [6, 6.07) is 23.4. The highest BCUT2D eigenvalue weighted by Gasteiger charge is 2.49. The van der Waals surface area contributed by atoms with E-state index in [1.165, 1.54) is 5.56 Å². The molecule has 0 bridgehead atoms. The van der Waals surface area contributed by atoms with Gasteiger partial charge in [-0.2, -0.15) is 0 Å². The Morgan fingerprint density at radius 3 is 2.29 bits per heavy atom. The second kappa shape index (κ2) is 8.95. The first kappa shape index (κ1) is 22.7. The first-order valence-electron chi connectivity index (χ1n) is 11.6. The number of benzene rings is 3. The van der Waals surface area contributed by atoms with E-state index in [2.05, 4.69) is 4.98 Å². The summed E-state index contributed by atoms with van der Waals surface area (Å²) in [5.41, 5.74) is 4.61. The van der Waals surface area contributed by atoms with E-state index >= 15 is 0 Å². The molecule has 1 fully saturated rings. The number of aryl methyl sites for hydroxylation is 1. The predicted molar refractivity (Wildman–Crippen MR) is 132 cm³/mol. The molecule has 1 aliphatic rings. The number of cyclic esters (lactones) is 2. The van der Waals surface area contributed by atoms with E-state index in [1.807, 2.05) is 85.9 Å². The van der Waals surface area contributed by atoms with E-state index in [1.54, 1.807) is 13.8 Å². The number of ether oxygens (including phenoxy) is 3. The number of hydrogen-bond acceptors (Lipinski definition) is 5. The number of hydrogen-bond donors (Lipinski definition) is 1. The number of para-hydroxylation sites is 2. The number of aromatic nitrogens is 1. The lowest BCUT2D eigenvalue weighted by atomic mass is 9.79. The largest absolute Gasteiger partial charge is 0.489 e. The maximum absolute atomic E-state index is 13.2. The molecule has 0 amide bonds. The number of aromatic amines is 1. The van der Waals surface area contributed by atoms with E-state index in [0.717, 1.165) is 22.0 Å². The standard InChI is InChI=1S/C29H27NO5/c1-18-12-14-19(15-13-18)17-33-24-11-7-5-9-21(24)25(22-16-30-23-10-6-4-8-20(22)23)26-27(31)34-29(2,3)35-28(26)32/h4-16,25-26,30H,17H2,1-3H3/t25-/m0/s1. The Balaban J connectivity index is 1.60.